The third kappa shape index (κ3) is 12.5. The molecule has 0 saturated heterocycles. The van der Waals surface area contributed by atoms with Gasteiger partial charge in [0.25, 0.3) is 13.4 Å². The first-order chi connectivity index (χ1) is 36.5. The Kier molecular flexibility index (Phi) is 18.9. The van der Waals surface area contributed by atoms with E-state index in [1.54, 1.807) is 0 Å². The third-order valence-electron chi connectivity index (χ3n) is 11.8. The van der Waals surface area contributed by atoms with Gasteiger partial charge in [-0.05, 0) is 66.5 Å². The van der Waals surface area contributed by atoms with Crippen LogP contribution >= 0.6 is 58.0 Å². The van der Waals surface area contributed by atoms with Crippen molar-refractivity contribution in [3.8, 4) is 0 Å². The monoisotopic (exact) mass is 1160 g/mol. The lowest BCUT2D eigenvalue weighted by Gasteiger charge is -2.20. The summed E-state index contributed by atoms with van der Waals surface area (Å²) >= 11 is 31.7. The lowest BCUT2D eigenvalue weighted by molar-refractivity contribution is 0.550. The molecule has 77 heavy (non-hydrogen) atoms. The molecule has 9 aromatic rings. The first kappa shape index (κ1) is 58.3. The Morgan fingerprint density at radius 1 is 0.247 bits per heavy atom. The van der Waals surface area contributed by atoms with E-state index in [0.717, 1.165) is 77.7 Å². The van der Waals surface area contributed by atoms with Crippen LogP contribution in [0, 0.1) is 88.4 Å². The van der Waals surface area contributed by atoms with Crippen molar-refractivity contribution in [2.75, 3.05) is 0 Å². The van der Waals surface area contributed by atoms with Crippen molar-refractivity contribution in [3.63, 3.8) is 0 Å². The largest absolute Gasteiger partial charge is 0.264 e. The van der Waals surface area contributed by atoms with Crippen LogP contribution in [0.4, 0.5) is 61.5 Å². The summed E-state index contributed by atoms with van der Waals surface area (Å²) in [5, 5.41) is 1.21. The van der Waals surface area contributed by atoms with Crippen molar-refractivity contribution >= 4 is 127 Å². The van der Waals surface area contributed by atoms with Gasteiger partial charge in [-0.3, -0.25) is 0 Å². The zero-order valence-corrected chi connectivity index (χ0v) is 42.6. The van der Waals surface area contributed by atoms with E-state index < -0.39 is 128 Å². The van der Waals surface area contributed by atoms with Crippen molar-refractivity contribution in [2.24, 2.45) is 0 Å². The molecule has 0 heterocycles. The maximum absolute atomic E-state index is 14.5. The lowest BCUT2D eigenvalue weighted by atomic mass is 9.36. The van der Waals surface area contributed by atoms with Crippen LogP contribution in [0.25, 0.3) is 0 Å². The topological polar surface area (TPSA) is 0 Å². The summed E-state index contributed by atoms with van der Waals surface area (Å²) in [4.78, 5) is 0. The summed E-state index contributed by atoms with van der Waals surface area (Å²) in [7, 11) is 0. The highest BCUT2D eigenvalue weighted by Crippen LogP contribution is 2.39. The predicted octanol–water partition coefficient (Wildman–Crippen LogP) is 12.1. The van der Waals surface area contributed by atoms with Gasteiger partial charge in [-0.1, -0.05) is 148 Å². The molecule has 0 radical (unpaired) electrons. The van der Waals surface area contributed by atoms with Crippen LogP contribution in [-0.4, -0.2) is 20.1 Å². The van der Waals surface area contributed by atoms with E-state index in [2.05, 4.69) is 0 Å². The van der Waals surface area contributed by atoms with Crippen molar-refractivity contribution in [1.82, 2.24) is 0 Å². The predicted molar refractivity (Wildman–Crippen MR) is 281 cm³/mol. The van der Waals surface area contributed by atoms with Gasteiger partial charge in [-0.25, -0.2) is 61.5 Å². The zero-order chi connectivity index (χ0) is 56.2. The smallest absolute Gasteiger partial charge is 0.207 e. The SMILES string of the molecule is Cc1cc(F)c(B(c2c(F)cc(F)cc2F)c2c(F)cc(F)cc2F)c(F)c1.Clc1c(Cl)c(Cl)c(B(c2ccccc2)c2ccccc2)c(Cl)c1Cl.Fc1cccc(F)c1B(c1c(F)cccc1F)c1c(F)cccc1F. The minimum absolute atomic E-state index is 0.0950. The van der Waals surface area contributed by atoms with Gasteiger partial charge < -0.3 is 0 Å². The first-order valence-electron chi connectivity index (χ1n) is 22.2. The molecule has 0 aromatic heterocycles. The Morgan fingerprint density at radius 2 is 0.481 bits per heavy atom. The standard InChI is InChI=1S/C19H9BF8.C18H10BCl5.C18H9BF6/c1-8-2-11(23)17(12(24)3-8)20(18-13(25)4-9(21)5-14(18)26)19-15(27)6-10(22)7-16(19)28;20-14-13(15(21)17(23)18(24)16(14)22)19(11-7-3-1-4-8-11)12-9-5-2-6-10-12;20-10-4-1-5-11(21)16(10)19(17-12(22)6-2-7-13(17)23)18-14(24)8-3-9-15(18)25/h2-7H,1H3;1-10H;1-9H. The molecule has 0 unspecified atom stereocenters. The Balaban J connectivity index is 0.000000168. The Morgan fingerprint density at radius 3 is 0.753 bits per heavy atom. The Labute approximate surface area is 457 Å². The molecule has 22 heteroatoms. The molecular formula is C55H28B3Cl5F14. The average molecular weight is 1160 g/mol. The van der Waals surface area contributed by atoms with Crippen molar-refractivity contribution in [2.45, 2.75) is 6.92 Å². The summed E-state index contributed by atoms with van der Waals surface area (Å²) in [5.74, 6) is -18.9. The summed E-state index contributed by atoms with van der Waals surface area (Å²) in [6.45, 7) is -3.17. The van der Waals surface area contributed by atoms with Gasteiger partial charge in [0.1, 0.15) is 81.4 Å². The third-order valence-corrected chi connectivity index (χ3v) is 14.1. The molecule has 0 aliphatic rings. The second-order valence-electron chi connectivity index (χ2n) is 16.7. The van der Waals surface area contributed by atoms with Crippen molar-refractivity contribution in [1.29, 1.82) is 0 Å². The molecule has 0 fully saturated rings. The minimum atomic E-state index is -2.32. The molecule has 0 aliphatic heterocycles. The maximum atomic E-state index is 14.5. The lowest BCUT2D eigenvalue weighted by Crippen LogP contribution is -2.59. The Bertz CT molecular complexity index is 3200. The van der Waals surface area contributed by atoms with Crippen LogP contribution in [0.15, 0.2) is 152 Å². The van der Waals surface area contributed by atoms with Gasteiger partial charge in [-0.2, -0.15) is 0 Å². The maximum Gasteiger partial charge on any atom is 0.264 e. The molecule has 0 bridgehead atoms. The van der Waals surface area contributed by atoms with Gasteiger partial charge in [0.2, 0.25) is 6.71 Å². The van der Waals surface area contributed by atoms with E-state index in [1.807, 2.05) is 60.7 Å². The fourth-order valence-corrected chi connectivity index (χ4v) is 9.93. The van der Waals surface area contributed by atoms with Gasteiger partial charge in [-0.15, -0.1) is 0 Å². The number of hydrogen-bond donors (Lipinski definition) is 0. The van der Waals surface area contributed by atoms with Crippen LogP contribution < -0.4 is 49.2 Å². The van der Waals surface area contributed by atoms with Crippen LogP contribution in [0.1, 0.15) is 5.56 Å². The fraction of sp³-hybridized carbons (Fsp3) is 0.0182. The molecule has 9 aromatic carbocycles. The highest BCUT2D eigenvalue weighted by Gasteiger charge is 2.39. The van der Waals surface area contributed by atoms with Crippen LogP contribution in [-0.2, 0) is 0 Å². The zero-order valence-electron chi connectivity index (χ0n) is 38.8. The number of rotatable bonds is 9. The van der Waals surface area contributed by atoms with Crippen LogP contribution in [0.3, 0.4) is 0 Å². The molecular weight excluding hydrogens is 1140 g/mol. The van der Waals surface area contributed by atoms with Crippen LogP contribution in [0.5, 0.6) is 0 Å². The van der Waals surface area contributed by atoms with E-state index in [1.165, 1.54) is 6.92 Å². The van der Waals surface area contributed by atoms with Gasteiger partial charge in [0.15, 0.2) is 0 Å². The average Bonchev–Trinajstić information content (AvgIpc) is 3.42. The summed E-state index contributed by atoms with van der Waals surface area (Å²) in [5.41, 5.74) is -3.16. The molecule has 0 aliphatic carbocycles. The van der Waals surface area contributed by atoms with E-state index in [4.69, 9.17) is 58.0 Å². The molecule has 0 nitrogen and oxygen atoms in total. The summed E-state index contributed by atoms with van der Waals surface area (Å²) < 4.78 is 199. The number of aryl methyl sites for hydroxylation is 1. The van der Waals surface area contributed by atoms with E-state index in [0.29, 0.717) is 15.5 Å². The number of benzene rings is 9. The highest BCUT2D eigenvalue weighted by atomic mass is 35.5. The van der Waals surface area contributed by atoms with Gasteiger partial charge >= 0.3 is 0 Å². The molecule has 0 saturated carbocycles. The molecule has 0 spiro atoms. The number of halogens is 19. The highest BCUT2D eigenvalue weighted by molar-refractivity contribution is 6.98. The fourth-order valence-electron chi connectivity index (χ4n) is 8.56. The minimum Gasteiger partial charge on any atom is -0.207 e. The van der Waals surface area contributed by atoms with Crippen molar-refractivity contribution in [3.05, 3.63) is 264 Å². The van der Waals surface area contributed by atoms with Crippen molar-refractivity contribution < 1.29 is 61.5 Å². The van der Waals surface area contributed by atoms with Gasteiger partial charge in [0, 0.05) is 57.0 Å². The van der Waals surface area contributed by atoms with E-state index in [-0.39, 0.29) is 51.6 Å². The van der Waals surface area contributed by atoms with Gasteiger partial charge in [0.05, 0.1) is 25.1 Å². The molecule has 0 amide bonds. The van der Waals surface area contributed by atoms with E-state index >= 15 is 0 Å². The normalized spacial score (nSPS) is 10.9. The summed E-state index contributed by atoms with van der Waals surface area (Å²) in [6, 6.07) is 30.5. The molecule has 0 atom stereocenters. The second-order valence-corrected chi connectivity index (χ2v) is 18.6. The quantitative estimate of drug-likeness (QED) is 0.0585. The number of hydrogen-bond acceptors (Lipinski definition) is 0. The summed E-state index contributed by atoms with van der Waals surface area (Å²) in [6.07, 6.45) is 0. The first-order valence-corrected chi connectivity index (χ1v) is 24.1. The molecule has 390 valence electrons. The second kappa shape index (κ2) is 25.0. The molecule has 0 N–H and O–H groups in total. The Hall–Kier alpha value is -6.36. The molecule has 9 rings (SSSR count). The van der Waals surface area contributed by atoms with E-state index in [9.17, 15) is 61.5 Å². The van der Waals surface area contributed by atoms with Crippen LogP contribution in [0.2, 0.25) is 25.1 Å².